The minimum absolute atomic E-state index is 0. The molecule has 0 aliphatic carbocycles. The summed E-state index contributed by atoms with van der Waals surface area (Å²) >= 11 is 0. The van der Waals surface area contributed by atoms with E-state index in [4.69, 9.17) is 4.74 Å². The molecule has 2 aromatic rings. The number of fused-ring (bicyclic) bond motifs is 1. The van der Waals surface area contributed by atoms with Gasteiger partial charge < -0.3 is 26.2 Å². The van der Waals surface area contributed by atoms with E-state index in [0.29, 0.717) is 0 Å². The number of hydrogen-bond donors (Lipinski definition) is 0. The van der Waals surface area contributed by atoms with Crippen LogP contribution < -0.4 is 21.7 Å². The molecule has 0 aliphatic heterocycles. The molecule has 0 aromatic heterocycles. The van der Waals surface area contributed by atoms with Crippen LogP contribution in [-0.2, 0) is 0 Å². The van der Waals surface area contributed by atoms with Crippen LogP contribution in [0.25, 0.3) is 10.8 Å². The number of unbranched alkanes of at least 4 members (excludes halogenated alkanes) is 10. The second-order valence-corrected chi connectivity index (χ2v) is 9.63. The Morgan fingerprint density at radius 3 is 1.84 bits per heavy atom. The third-order valence-corrected chi connectivity index (χ3v) is 6.26. The van der Waals surface area contributed by atoms with Gasteiger partial charge in [-0.2, -0.15) is 0 Å². The number of hydrogen-bond acceptors (Lipinski definition) is 1. The van der Waals surface area contributed by atoms with Gasteiger partial charge in [0, 0.05) is 0 Å². The van der Waals surface area contributed by atoms with Crippen LogP contribution in [0.2, 0.25) is 0 Å². The average Bonchev–Trinajstić information content (AvgIpc) is 2.75. The molecule has 0 aliphatic rings. The largest absolute Gasteiger partial charge is 1.00 e. The minimum atomic E-state index is 0. The van der Waals surface area contributed by atoms with Gasteiger partial charge in [-0.1, -0.05) is 82.2 Å². The molecule has 0 saturated carbocycles. The van der Waals surface area contributed by atoms with Gasteiger partial charge in [0.25, 0.3) is 0 Å². The fraction of sp³-hybridized carbons (Fsp3) is 0.643. The summed E-state index contributed by atoms with van der Waals surface area (Å²) in [6.07, 6.45) is 16.3. The molecule has 0 unspecified atom stereocenters. The average molecular weight is 493 g/mol. The van der Waals surface area contributed by atoms with Crippen LogP contribution in [0.4, 0.5) is 0 Å². The summed E-state index contributed by atoms with van der Waals surface area (Å²) in [4.78, 5) is 0. The van der Waals surface area contributed by atoms with Crippen LogP contribution in [-0.4, -0.2) is 38.3 Å². The third-order valence-electron chi connectivity index (χ3n) is 6.26. The molecule has 0 bridgehead atoms. The Bertz CT molecular complexity index is 700. The van der Waals surface area contributed by atoms with E-state index in [1.165, 1.54) is 99.0 Å². The second kappa shape index (κ2) is 16.6. The van der Waals surface area contributed by atoms with E-state index in [2.05, 4.69) is 63.5 Å². The van der Waals surface area contributed by atoms with Gasteiger partial charge in [0.05, 0.1) is 33.8 Å². The predicted octanol–water partition coefficient (Wildman–Crippen LogP) is 5.00. The first-order chi connectivity index (χ1) is 14.6. The van der Waals surface area contributed by atoms with Crippen molar-refractivity contribution in [2.45, 2.75) is 84.0 Å². The molecule has 0 amide bonds. The van der Waals surface area contributed by atoms with Crippen molar-refractivity contribution in [3.05, 3.63) is 42.5 Å². The Hall–Kier alpha value is -1.06. The van der Waals surface area contributed by atoms with E-state index in [9.17, 15) is 0 Å². The first-order valence-corrected chi connectivity index (χ1v) is 12.5. The molecule has 0 radical (unpaired) electrons. The smallest absolute Gasteiger partial charge is 0.119 e. The monoisotopic (exact) mass is 491 g/mol. The number of quaternary nitrogens is 1. The van der Waals surface area contributed by atoms with E-state index in [0.717, 1.165) is 18.8 Å². The van der Waals surface area contributed by atoms with Crippen molar-refractivity contribution in [1.82, 2.24) is 0 Å². The normalized spacial score (nSPS) is 11.5. The summed E-state index contributed by atoms with van der Waals surface area (Å²) in [7, 11) is 4.82. The molecular formula is C28H46BrNO. The first kappa shape index (κ1) is 28.0. The lowest BCUT2D eigenvalue weighted by Gasteiger charge is -2.30. The summed E-state index contributed by atoms with van der Waals surface area (Å²) in [6.45, 7) is 5.82. The SMILES string of the molecule is CCCCCC[N+](C)(C)CCCCCCCCCCOc1ccc2ccccc2c1.[Br-]. The van der Waals surface area contributed by atoms with E-state index in [1.54, 1.807) is 0 Å². The molecule has 0 N–H and O–H groups in total. The molecule has 0 heterocycles. The topological polar surface area (TPSA) is 9.23 Å². The lowest BCUT2D eigenvalue weighted by molar-refractivity contribution is -0.890. The number of halogens is 1. The Kier molecular flexibility index (Phi) is 14.9. The molecule has 0 saturated heterocycles. The highest BCUT2D eigenvalue weighted by Crippen LogP contribution is 2.21. The fourth-order valence-corrected chi connectivity index (χ4v) is 4.23. The zero-order chi connectivity index (χ0) is 21.5. The van der Waals surface area contributed by atoms with Crippen molar-refractivity contribution in [2.75, 3.05) is 33.8 Å². The second-order valence-electron chi connectivity index (χ2n) is 9.63. The fourth-order valence-electron chi connectivity index (χ4n) is 4.23. The van der Waals surface area contributed by atoms with E-state index < -0.39 is 0 Å². The van der Waals surface area contributed by atoms with Crippen molar-refractivity contribution in [3.63, 3.8) is 0 Å². The lowest BCUT2D eigenvalue weighted by Crippen LogP contribution is -3.00. The zero-order valence-corrected chi connectivity index (χ0v) is 22.0. The Labute approximate surface area is 202 Å². The van der Waals surface area contributed by atoms with Gasteiger partial charge in [-0.25, -0.2) is 0 Å². The summed E-state index contributed by atoms with van der Waals surface area (Å²) in [6, 6.07) is 14.9. The number of rotatable bonds is 17. The van der Waals surface area contributed by atoms with Gasteiger partial charge in [0.1, 0.15) is 5.75 Å². The van der Waals surface area contributed by atoms with Crippen LogP contribution in [0.3, 0.4) is 0 Å². The van der Waals surface area contributed by atoms with Crippen LogP contribution >= 0.6 is 0 Å². The summed E-state index contributed by atoms with van der Waals surface area (Å²) in [5.41, 5.74) is 0. The van der Waals surface area contributed by atoms with Gasteiger partial charge >= 0.3 is 0 Å². The highest BCUT2D eigenvalue weighted by molar-refractivity contribution is 5.83. The van der Waals surface area contributed by atoms with Gasteiger partial charge in [-0.05, 0) is 55.0 Å². The molecule has 3 heteroatoms. The Morgan fingerprint density at radius 2 is 1.19 bits per heavy atom. The van der Waals surface area contributed by atoms with Gasteiger partial charge in [0.2, 0.25) is 0 Å². The maximum Gasteiger partial charge on any atom is 0.119 e. The highest BCUT2D eigenvalue weighted by Gasteiger charge is 2.13. The minimum Gasteiger partial charge on any atom is -1.00 e. The van der Waals surface area contributed by atoms with Crippen molar-refractivity contribution < 1.29 is 26.2 Å². The van der Waals surface area contributed by atoms with E-state index >= 15 is 0 Å². The lowest BCUT2D eigenvalue weighted by atomic mass is 10.1. The molecule has 0 spiro atoms. The standard InChI is InChI=1S/C28H46NO.BrH/c1-4-5-6-15-22-29(2,3)23-16-11-9-7-8-10-12-17-24-30-28-21-20-26-18-13-14-19-27(26)25-28;/h13-14,18-21,25H,4-12,15-17,22-24H2,1-3H3;1H/q+1;/p-1. The van der Waals surface area contributed by atoms with E-state index in [1.807, 2.05) is 0 Å². The molecule has 31 heavy (non-hydrogen) atoms. The predicted molar refractivity (Wildman–Crippen MR) is 132 cm³/mol. The molecule has 176 valence electrons. The number of benzene rings is 2. The summed E-state index contributed by atoms with van der Waals surface area (Å²) in [5, 5.41) is 2.54. The summed E-state index contributed by atoms with van der Waals surface area (Å²) < 4.78 is 7.15. The van der Waals surface area contributed by atoms with Crippen LogP contribution in [0, 0.1) is 0 Å². The first-order valence-electron chi connectivity index (χ1n) is 12.5. The molecule has 2 rings (SSSR count). The highest BCUT2D eigenvalue weighted by atomic mass is 79.9. The van der Waals surface area contributed by atoms with Gasteiger partial charge in [0.15, 0.2) is 0 Å². The third kappa shape index (κ3) is 12.5. The van der Waals surface area contributed by atoms with Gasteiger partial charge in [-0.15, -0.1) is 0 Å². The number of nitrogens with zero attached hydrogens (tertiary/aromatic N) is 1. The molecule has 0 fully saturated rings. The molecule has 2 nitrogen and oxygen atoms in total. The van der Waals surface area contributed by atoms with E-state index in [-0.39, 0.29) is 17.0 Å². The van der Waals surface area contributed by atoms with Crippen LogP contribution in [0.15, 0.2) is 42.5 Å². The molecular weight excluding hydrogens is 446 g/mol. The van der Waals surface area contributed by atoms with Crippen molar-refractivity contribution in [1.29, 1.82) is 0 Å². The zero-order valence-electron chi connectivity index (χ0n) is 20.4. The van der Waals surface area contributed by atoms with Crippen molar-refractivity contribution in [3.8, 4) is 5.75 Å². The summed E-state index contributed by atoms with van der Waals surface area (Å²) in [5.74, 6) is 1.00. The van der Waals surface area contributed by atoms with Crippen LogP contribution in [0.5, 0.6) is 5.75 Å². The number of ether oxygens (including phenoxy) is 1. The Balaban J connectivity index is 0.00000480. The maximum atomic E-state index is 5.95. The van der Waals surface area contributed by atoms with Crippen LogP contribution in [0.1, 0.15) is 84.0 Å². The van der Waals surface area contributed by atoms with Crippen molar-refractivity contribution in [2.24, 2.45) is 0 Å². The quantitative estimate of drug-likeness (QED) is 0.223. The van der Waals surface area contributed by atoms with Gasteiger partial charge in [-0.3, -0.25) is 0 Å². The Morgan fingerprint density at radius 1 is 0.645 bits per heavy atom. The van der Waals surface area contributed by atoms with Crippen molar-refractivity contribution >= 4 is 10.8 Å². The molecule has 2 aromatic carbocycles. The molecule has 0 atom stereocenters. The maximum absolute atomic E-state index is 5.95.